The second kappa shape index (κ2) is 6.37. The van der Waals surface area contributed by atoms with Crippen LogP contribution in [0.1, 0.15) is 17.2 Å². The van der Waals surface area contributed by atoms with Gasteiger partial charge in [-0.1, -0.05) is 72.8 Å². The molecule has 0 saturated carbocycles. The number of benzene rings is 3. The summed E-state index contributed by atoms with van der Waals surface area (Å²) in [6.45, 7) is 3.62. The maximum absolute atomic E-state index is 6.39. The molecule has 0 aromatic heterocycles. The van der Waals surface area contributed by atoms with Crippen molar-refractivity contribution in [1.82, 2.24) is 0 Å². The van der Waals surface area contributed by atoms with Gasteiger partial charge in [-0.2, -0.15) is 0 Å². The van der Waals surface area contributed by atoms with Gasteiger partial charge in [0.1, 0.15) is 0 Å². The average Bonchev–Trinajstić information content (AvgIpc) is 2.62. The number of hydrogen-bond donors (Lipinski definition) is 1. The van der Waals surface area contributed by atoms with Crippen LogP contribution < -0.4 is 5.73 Å². The zero-order chi connectivity index (χ0) is 15.4. The average molecular weight is 286 g/mol. The maximum Gasteiger partial charge on any atom is 0.0673 e. The topological polar surface area (TPSA) is 38.4 Å². The van der Waals surface area contributed by atoms with Gasteiger partial charge in [-0.3, -0.25) is 4.99 Å². The van der Waals surface area contributed by atoms with Crippen molar-refractivity contribution in [3.8, 4) is 11.1 Å². The molecule has 1 atom stereocenters. The molecule has 0 spiro atoms. The van der Waals surface area contributed by atoms with Gasteiger partial charge in [-0.15, -0.1) is 0 Å². The molecule has 0 aliphatic heterocycles. The molecule has 0 aliphatic carbocycles. The minimum absolute atomic E-state index is 0.202. The molecule has 2 heteroatoms. The second-order valence-electron chi connectivity index (χ2n) is 5.18. The van der Waals surface area contributed by atoms with E-state index in [-0.39, 0.29) is 6.04 Å². The predicted octanol–water partition coefficient (Wildman–Crippen LogP) is 4.73. The first-order valence-corrected chi connectivity index (χ1v) is 7.26. The van der Waals surface area contributed by atoms with Gasteiger partial charge < -0.3 is 5.73 Å². The summed E-state index contributed by atoms with van der Waals surface area (Å²) in [7, 11) is 0. The first-order valence-electron chi connectivity index (χ1n) is 7.26. The summed E-state index contributed by atoms with van der Waals surface area (Å²) in [4.78, 5) is 4.05. The Hall–Kier alpha value is -2.71. The molecule has 3 aromatic carbocycles. The second-order valence-corrected chi connectivity index (χ2v) is 5.18. The van der Waals surface area contributed by atoms with Crippen molar-refractivity contribution in [2.45, 2.75) is 6.04 Å². The fourth-order valence-corrected chi connectivity index (χ4v) is 2.59. The summed E-state index contributed by atoms with van der Waals surface area (Å²) in [6.07, 6.45) is 0. The molecule has 0 bridgehead atoms. The van der Waals surface area contributed by atoms with E-state index in [1.54, 1.807) is 0 Å². The molecular formula is C20H18N2. The third kappa shape index (κ3) is 2.83. The first-order chi connectivity index (χ1) is 10.8. The summed E-state index contributed by atoms with van der Waals surface area (Å²) >= 11 is 0. The van der Waals surface area contributed by atoms with Crippen molar-refractivity contribution < 1.29 is 0 Å². The van der Waals surface area contributed by atoms with E-state index in [1.165, 1.54) is 11.1 Å². The summed E-state index contributed by atoms with van der Waals surface area (Å²) in [5, 5.41) is 0. The van der Waals surface area contributed by atoms with Crippen LogP contribution in [0.2, 0.25) is 0 Å². The Morgan fingerprint density at radius 3 is 2.00 bits per heavy atom. The van der Waals surface area contributed by atoms with Gasteiger partial charge in [-0.05, 0) is 35.0 Å². The molecule has 0 amide bonds. The van der Waals surface area contributed by atoms with E-state index >= 15 is 0 Å². The third-order valence-corrected chi connectivity index (χ3v) is 3.82. The van der Waals surface area contributed by atoms with Crippen molar-refractivity contribution in [3.05, 3.63) is 90.0 Å². The van der Waals surface area contributed by atoms with Crippen LogP contribution in [0.3, 0.4) is 0 Å². The van der Waals surface area contributed by atoms with Crippen LogP contribution in [-0.2, 0) is 0 Å². The van der Waals surface area contributed by atoms with E-state index in [9.17, 15) is 0 Å². The van der Waals surface area contributed by atoms with Gasteiger partial charge in [0.05, 0.1) is 11.7 Å². The number of para-hydroxylation sites is 1. The SMILES string of the molecule is C=Nc1ccccc1C(N)c1ccc(-c2ccccc2)cc1. The monoisotopic (exact) mass is 286 g/mol. The van der Waals surface area contributed by atoms with Gasteiger partial charge in [0, 0.05) is 0 Å². The lowest BCUT2D eigenvalue weighted by Gasteiger charge is -2.15. The lowest BCUT2D eigenvalue weighted by molar-refractivity contribution is 0.872. The minimum atomic E-state index is -0.202. The van der Waals surface area contributed by atoms with E-state index in [2.05, 4.69) is 48.1 Å². The number of hydrogen-bond acceptors (Lipinski definition) is 2. The molecule has 22 heavy (non-hydrogen) atoms. The maximum atomic E-state index is 6.39. The molecule has 3 rings (SSSR count). The quantitative estimate of drug-likeness (QED) is 0.692. The zero-order valence-electron chi connectivity index (χ0n) is 12.3. The van der Waals surface area contributed by atoms with E-state index in [0.29, 0.717) is 0 Å². The molecule has 3 aromatic rings. The molecule has 0 aliphatic rings. The molecule has 0 fully saturated rings. The Balaban J connectivity index is 1.91. The normalized spacial score (nSPS) is 11.9. The highest BCUT2D eigenvalue weighted by Crippen LogP contribution is 2.29. The molecule has 108 valence electrons. The fraction of sp³-hybridized carbons (Fsp3) is 0.0500. The Bertz CT molecular complexity index is 761. The third-order valence-electron chi connectivity index (χ3n) is 3.82. The van der Waals surface area contributed by atoms with Crippen LogP contribution in [0.25, 0.3) is 11.1 Å². The fourth-order valence-electron chi connectivity index (χ4n) is 2.59. The summed E-state index contributed by atoms with van der Waals surface area (Å²) in [6, 6.07) is 26.3. The molecule has 0 radical (unpaired) electrons. The minimum Gasteiger partial charge on any atom is -0.320 e. The van der Waals surface area contributed by atoms with Crippen LogP contribution in [0, 0.1) is 0 Å². The van der Waals surface area contributed by atoms with Crippen LogP contribution in [0.4, 0.5) is 5.69 Å². The number of rotatable bonds is 4. The predicted molar refractivity (Wildman–Crippen MR) is 93.6 cm³/mol. The number of nitrogens with two attached hydrogens (primary N) is 1. The molecule has 2 N–H and O–H groups in total. The van der Waals surface area contributed by atoms with Crippen molar-refractivity contribution in [3.63, 3.8) is 0 Å². The summed E-state index contributed by atoms with van der Waals surface area (Å²) in [5.74, 6) is 0. The van der Waals surface area contributed by atoms with Gasteiger partial charge >= 0.3 is 0 Å². The first kappa shape index (κ1) is 14.2. The lowest BCUT2D eigenvalue weighted by atomic mass is 9.96. The molecule has 0 heterocycles. The van der Waals surface area contributed by atoms with Gasteiger partial charge in [0.15, 0.2) is 0 Å². The molecule has 1 unspecified atom stereocenters. The molecule has 0 saturated heterocycles. The molecular weight excluding hydrogens is 268 g/mol. The van der Waals surface area contributed by atoms with Crippen LogP contribution >= 0.6 is 0 Å². The Kier molecular flexibility index (Phi) is 4.12. The Morgan fingerprint density at radius 1 is 0.727 bits per heavy atom. The number of aliphatic imine (C=N–C) groups is 1. The Morgan fingerprint density at radius 2 is 1.32 bits per heavy atom. The Labute approximate surface area is 131 Å². The van der Waals surface area contributed by atoms with Gasteiger partial charge in [0.2, 0.25) is 0 Å². The lowest BCUT2D eigenvalue weighted by Crippen LogP contribution is -2.11. The van der Waals surface area contributed by atoms with E-state index < -0.39 is 0 Å². The largest absolute Gasteiger partial charge is 0.320 e. The summed E-state index contributed by atoms with van der Waals surface area (Å²) < 4.78 is 0. The van der Waals surface area contributed by atoms with E-state index in [4.69, 9.17) is 5.73 Å². The zero-order valence-corrected chi connectivity index (χ0v) is 12.3. The van der Waals surface area contributed by atoms with E-state index in [0.717, 1.165) is 16.8 Å². The highest BCUT2D eigenvalue weighted by atomic mass is 14.7. The smallest absolute Gasteiger partial charge is 0.0673 e. The van der Waals surface area contributed by atoms with Crippen molar-refractivity contribution in [2.24, 2.45) is 10.7 Å². The van der Waals surface area contributed by atoms with Crippen LogP contribution in [-0.4, -0.2) is 6.72 Å². The van der Waals surface area contributed by atoms with Gasteiger partial charge in [0.25, 0.3) is 0 Å². The number of nitrogens with zero attached hydrogens (tertiary/aromatic N) is 1. The van der Waals surface area contributed by atoms with Gasteiger partial charge in [-0.25, -0.2) is 0 Å². The van der Waals surface area contributed by atoms with Crippen molar-refractivity contribution in [1.29, 1.82) is 0 Å². The molecule has 2 nitrogen and oxygen atoms in total. The van der Waals surface area contributed by atoms with Crippen LogP contribution in [0.15, 0.2) is 83.9 Å². The highest BCUT2D eigenvalue weighted by Gasteiger charge is 2.12. The van der Waals surface area contributed by atoms with Crippen LogP contribution in [0.5, 0.6) is 0 Å². The highest BCUT2D eigenvalue weighted by molar-refractivity contribution is 5.64. The summed E-state index contributed by atoms with van der Waals surface area (Å²) in [5.41, 5.74) is 11.7. The van der Waals surface area contributed by atoms with Crippen molar-refractivity contribution in [2.75, 3.05) is 0 Å². The van der Waals surface area contributed by atoms with E-state index in [1.807, 2.05) is 42.5 Å². The standard InChI is InChI=1S/C20H18N2/c1-22-19-10-6-5-9-18(19)20(21)17-13-11-16(12-14-17)15-7-3-2-4-8-15/h2-14,20H,1,21H2. The van der Waals surface area contributed by atoms with Crippen molar-refractivity contribution >= 4 is 12.4 Å².